The molecule has 0 saturated carbocycles. The Kier molecular flexibility index (Phi) is 6.23. The number of rotatable bonds is 5. The van der Waals surface area contributed by atoms with Crippen molar-refractivity contribution in [2.45, 2.75) is 32.1 Å². The van der Waals surface area contributed by atoms with Crippen LogP contribution in [0.3, 0.4) is 0 Å². The SMILES string of the molecule is C[C@@H]1CN2C=C(c3ccc(C(=O)O)cc3)C=C(C(=O)N[C@H](C)c3cccc(C(F)(F)F)c3F)C2=N1. The molecule has 2 aromatic carbocycles. The predicted molar refractivity (Wildman–Crippen MR) is 121 cm³/mol. The number of carbonyl (C=O) groups excluding carboxylic acids is 1. The average molecular weight is 487 g/mol. The number of aliphatic imine (C=N–C) groups is 1. The smallest absolute Gasteiger partial charge is 0.419 e. The molecule has 4 rings (SSSR count). The number of allylic oxidation sites excluding steroid dienone is 2. The predicted octanol–water partition coefficient (Wildman–Crippen LogP) is 4.80. The highest BCUT2D eigenvalue weighted by molar-refractivity contribution is 6.24. The van der Waals surface area contributed by atoms with Gasteiger partial charge in [-0.05, 0) is 49.3 Å². The summed E-state index contributed by atoms with van der Waals surface area (Å²) in [7, 11) is 0. The minimum atomic E-state index is -4.86. The summed E-state index contributed by atoms with van der Waals surface area (Å²) in [6.07, 6.45) is -1.49. The van der Waals surface area contributed by atoms with Crippen molar-refractivity contribution in [3.63, 3.8) is 0 Å². The Morgan fingerprint density at radius 1 is 1.17 bits per heavy atom. The van der Waals surface area contributed by atoms with Gasteiger partial charge in [0, 0.05) is 18.3 Å². The molecule has 35 heavy (non-hydrogen) atoms. The van der Waals surface area contributed by atoms with E-state index in [1.807, 2.05) is 6.92 Å². The van der Waals surface area contributed by atoms with E-state index in [2.05, 4.69) is 10.3 Å². The minimum absolute atomic E-state index is 0.107. The first-order valence-electron chi connectivity index (χ1n) is 10.7. The first-order chi connectivity index (χ1) is 16.5. The molecule has 6 nitrogen and oxygen atoms in total. The van der Waals surface area contributed by atoms with Gasteiger partial charge in [-0.2, -0.15) is 13.2 Å². The first kappa shape index (κ1) is 24.2. The van der Waals surface area contributed by atoms with Gasteiger partial charge in [-0.15, -0.1) is 0 Å². The molecule has 0 saturated heterocycles. The average Bonchev–Trinajstić information content (AvgIpc) is 3.17. The highest BCUT2D eigenvalue weighted by Gasteiger charge is 2.36. The number of carboxylic acid groups (broad SMARTS) is 1. The number of nitrogens with zero attached hydrogens (tertiary/aromatic N) is 2. The molecular weight excluding hydrogens is 466 g/mol. The Balaban J connectivity index is 1.64. The summed E-state index contributed by atoms with van der Waals surface area (Å²) in [6, 6.07) is 7.90. The lowest BCUT2D eigenvalue weighted by atomic mass is 9.98. The lowest BCUT2D eigenvalue weighted by Crippen LogP contribution is -2.37. The van der Waals surface area contributed by atoms with Crippen LogP contribution in [0.4, 0.5) is 17.6 Å². The molecule has 2 aliphatic heterocycles. The molecule has 0 aliphatic carbocycles. The zero-order valence-electron chi connectivity index (χ0n) is 18.7. The van der Waals surface area contributed by atoms with Crippen LogP contribution < -0.4 is 5.32 Å². The molecule has 182 valence electrons. The van der Waals surface area contributed by atoms with Gasteiger partial charge in [0.1, 0.15) is 11.7 Å². The van der Waals surface area contributed by atoms with Crippen molar-refractivity contribution in [1.82, 2.24) is 10.2 Å². The molecule has 1 amide bonds. The first-order valence-corrected chi connectivity index (χ1v) is 10.7. The van der Waals surface area contributed by atoms with Crippen LogP contribution in [0.25, 0.3) is 5.57 Å². The van der Waals surface area contributed by atoms with Gasteiger partial charge < -0.3 is 15.3 Å². The van der Waals surface area contributed by atoms with Crippen molar-refractivity contribution in [1.29, 1.82) is 0 Å². The van der Waals surface area contributed by atoms with Crippen LogP contribution in [-0.4, -0.2) is 40.3 Å². The van der Waals surface area contributed by atoms with Crippen LogP contribution >= 0.6 is 0 Å². The van der Waals surface area contributed by atoms with Gasteiger partial charge in [-0.3, -0.25) is 9.79 Å². The van der Waals surface area contributed by atoms with Crippen LogP contribution in [-0.2, 0) is 11.0 Å². The van der Waals surface area contributed by atoms with Gasteiger partial charge in [-0.25, -0.2) is 9.18 Å². The molecular formula is C25H21F4N3O3. The summed E-state index contributed by atoms with van der Waals surface area (Å²) in [5.74, 6) is -2.72. The fraction of sp³-hybridized carbons (Fsp3) is 0.240. The van der Waals surface area contributed by atoms with Crippen LogP contribution in [0, 0.1) is 5.82 Å². The molecule has 10 heteroatoms. The molecule has 0 unspecified atom stereocenters. The van der Waals surface area contributed by atoms with Crippen molar-refractivity contribution in [3.8, 4) is 0 Å². The topological polar surface area (TPSA) is 82.0 Å². The lowest BCUT2D eigenvalue weighted by Gasteiger charge is -2.25. The van der Waals surface area contributed by atoms with Gasteiger partial charge in [-0.1, -0.05) is 24.3 Å². The zero-order valence-corrected chi connectivity index (χ0v) is 18.7. The third-order valence-corrected chi connectivity index (χ3v) is 5.77. The van der Waals surface area contributed by atoms with Crippen molar-refractivity contribution in [3.05, 3.63) is 88.4 Å². The number of hydrogen-bond donors (Lipinski definition) is 2. The summed E-state index contributed by atoms with van der Waals surface area (Å²) < 4.78 is 53.9. The van der Waals surface area contributed by atoms with Crippen molar-refractivity contribution in [2.75, 3.05) is 6.54 Å². The maximum Gasteiger partial charge on any atom is 0.419 e. The van der Waals surface area contributed by atoms with Crippen molar-refractivity contribution >= 4 is 23.3 Å². The zero-order chi connectivity index (χ0) is 25.5. The second-order valence-electron chi connectivity index (χ2n) is 8.38. The Morgan fingerprint density at radius 3 is 2.49 bits per heavy atom. The van der Waals surface area contributed by atoms with Crippen LogP contribution in [0.5, 0.6) is 0 Å². The third-order valence-electron chi connectivity index (χ3n) is 5.77. The van der Waals surface area contributed by atoms with E-state index in [1.165, 1.54) is 25.1 Å². The van der Waals surface area contributed by atoms with E-state index in [-0.39, 0.29) is 22.7 Å². The molecule has 0 spiro atoms. The number of nitrogens with one attached hydrogen (secondary N) is 1. The van der Waals surface area contributed by atoms with E-state index in [0.29, 0.717) is 29.6 Å². The van der Waals surface area contributed by atoms with Gasteiger partial charge in [0.2, 0.25) is 0 Å². The summed E-state index contributed by atoms with van der Waals surface area (Å²) in [5.41, 5.74) is -0.116. The maximum atomic E-state index is 14.6. The standard InChI is InChI=1S/C25H21F4N3O3/c1-13-11-32-12-17(15-6-8-16(9-7-15)24(34)35)10-19(22(32)30-13)23(33)31-14(2)18-4-3-5-20(21(18)26)25(27,28)29/h3-10,12-14H,11H2,1-2H3,(H,31,33)(H,34,35)/t13-,14-/m1/s1. The number of alkyl halides is 3. The number of carbonyl (C=O) groups is 2. The van der Waals surface area contributed by atoms with E-state index in [0.717, 1.165) is 6.07 Å². The second-order valence-corrected chi connectivity index (χ2v) is 8.38. The number of benzene rings is 2. The Bertz CT molecular complexity index is 1280. The second kappa shape index (κ2) is 9.01. The maximum absolute atomic E-state index is 14.6. The molecule has 2 N–H and O–H groups in total. The lowest BCUT2D eigenvalue weighted by molar-refractivity contribution is -0.140. The number of fused-ring (bicyclic) bond motifs is 1. The van der Waals surface area contributed by atoms with Crippen LogP contribution in [0.15, 0.2) is 65.3 Å². The highest BCUT2D eigenvalue weighted by atomic mass is 19.4. The van der Waals surface area contributed by atoms with Gasteiger partial charge in [0.25, 0.3) is 5.91 Å². The van der Waals surface area contributed by atoms with E-state index in [1.54, 1.807) is 29.3 Å². The number of carboxylic acids is 1. The number of hydrogen-bond acceptors (Lipinski definition) is 4. The molecule has 2 aliphatic rings. The largest absolute Gasteiger partial charge is 0.478 e. The Hall–Kier alpha value is -3.95. The number of aromatic carboxylic acids is 1. The fourth-order valence-electron chi connectivity index (χ4n) is 4.04. The van der Waals surface area contributed by atoms with E-state index < -0.39 is 35.5 Å². The van der Waals surface area contributed by atoms with E-state index >= 15 is 0 Å². The van der Waals surface area contributed by atoms with Crippen LogP contribution in [0.1, 0.15) is 46.9 Å². The number of amides is 1. The molecule has 2 heterocycles. The number of amidine groups is 1. The van der Waals surface area contributed by atoms with E-state index in [9.17, 15) is 27.2 Å². The van der Waals surface area contributed by atoms with Gasteiger partial charge in [0.15, 0.2) is 0 Å². The highest BCUT2D eigenvalue weighted by Crippen LogP contribution is 2.34. The molecule has 0 fully saturated rings. The summed E-state index contributed by atoms with van der Waals surface area (Å²) in [4.78, 5) is 30.6. The summed E-state index contributed by atoms with van der Waals surface area (Å²) >= 11 is 0. The minimum Gasteiger partial charge on any atom is -0.478 e. The molecule has 0 radical (unpaired) electrons. The van der Waals surface area contributed by atoms with Crippen LogP contribution in [0.2, 0.25) is 0 Å². The van der Waals surface area contributed by atoms with E-state index in [4.69, 9.17) is 5.11 Å². The van der Waals surface area contributed by atoms with Gasteiger partial charge in [0.05, 0.1) is 28.8 Å². The Labute approximate surface area is 198 Å². The summed E-state index contributed by atoms with van der Waals surface area (Å²) in [6.45, 7) is 3.78. The Morgan fingerprint density at radius 2 is 1.86 bits per heavy atom. The third kappa shape index (κ3) is 4.82. The van der Waals surface area contributed by atoms with Gasteiger partial charge >= 0.3 is 12.1 Å². The number of halogens is 4. The quantitative estimate of drug-likeness (QED) is 0.594. The summed E-state index contributed by atoms with van der Waals surface area (Å²) in [5, 5.41) is 11.7. The normalized spacial score (nSPS) is 18.3. The molecule has 2 aromatic rings. The molecule has 0 bridgehead atoms. The fourth-order valence-corrected chi connectivity index (χ4v) is 4.04. The monoisotopic (exact) mass is 487 g/mol. The van der Waals surface area contributed by atoms with Crippen molar-refractivity contribution < 1.29 is 32.3 Å². The molecule has 2 atom stereocenters. The van der Waals surface area contributed by atoms with Crippen molar-refractivity contribution in [2.24, 2.45) is 4.99 Å². The molecule has 0 aromatic heterocycles.